The van der Waals surface area contributed by atoms with Crippen molar-refractivity contribution in [3.8, 4) is 0 Å². The summed E-state index contributed by atoms with van der Waals surface area (Å²) in [6.45, 7) is 13.8. The summed E-state index contributed by atoms with van der Waals surface area (Å²) in [5.41, 5.74) is 1.57. The molecule has 4 aliphatic carbocycles. The van der Waals surface area contributed by atoms with E-state index in [1.165, 1.54) is 44.1 Å². The number of rotatable bonds is 1. The first-order valence-corrected chi connectivity index (χ1v) is 10.6. The molecule has 0 aromatic carbocycles. The van der Waals surface area contributed by atoms with Gasteiger partial charge in [-0.3, -0.25) is 0 Å². The summed E-state index contributed by atoms with van der Waals surface area (Å²) in [6.07, 6.45) is 10.5. The van der Waals surface area contributed by atoms with Gasteiger partial charge in [-0.15, -0.1) is 0 Å². The van der Waals surface area contributed by atoms with Gasteiger partial charge in [0.2, 0.25) is 0 Å². The van der Waals surface area contributed by atoms with Crippen LogP contribution in [0.25, 0.3) is 0 Å². The molecule has 136 valence electrons. The van der Waals surface area contributed by atoms with Crippen LogP contribution in [0.5, 0.6) is 0 Å². The van der Waals surface area contributed by atoms with E-state index in [1.54, 1.807) is 0 Å². The largest absolute Gasteiger partial charge is 0.390 e. The summed E-state index contributed by atoms with van der Waals surface area (Å²) in [4.78, 5) is 0. The molecule has 0 saturated heterocycles. The molecule has 0 aromatic heterocycles. The van der Waals surface area contributed by atoms with Crippen LogP contribution in [0.3, 0.4) is 0 Å². The molecule has 0 spiro atoms. The van der Waals surface area contributed by atoms with Crippen LogP contribution in [0.15, 0.2) is 12.2 Å². The Bertz CT molecular complexity index is 520. The Kier molecular flexibility index (Phi) is 4.00. The third-order valence-electron chi connectivity index (χ3n) is 9.25. The lowest BCUT2D eigenvalue weighted by Gasteiger charge is -2.58. The van der Waals surface area contributed by atoms with Crippen molar-refractivity contribution in [2.45, 2.75) is 84.7 Å². The van der Waals surface area contributed by atoms with Crippen molar-refractivity contribution in [1.29, 1.82) is 0 Å². The lowest BCUT2D eigenvalue weighted by molar-refractivity contribution is -0.117. The summed E-state index contributed by atoms with van der Waals surface area (Å²) in [5, 5.41) is 10.6. The predicted octanol–water partition coefficient (Wildman–Crippen LogP) is 5.83. The molecule has 4 saturated carbocycles. The standard InChI is InChI=1S/C23H38O/c1-14(2)20-6-7-21-18-12-15(3)19-13-22(4,24)10-8-17(19)16(18)9-11-23(20,21)5/h15-21,24H,1,6-13H2,2-5H3/t15-,16-,17-,18-,19+,20-,21+,22-,23-/m1/s1. The van der Waals surface area contributed by atoms with Gasteiger partial charge in [-0.2, -0.15) is 0 Å². The Morgan fingerprint density at radius 1 is 0.958 bits per heavy atom. The molecule has 0 aliphatic heterocycles. The van der Waals surface area contributed by atoms with Crippen molar-refractivity contribution in [2.75, 3.05) is 0 Å². The molecule has 4 aliphatic rings. The van der Waals surface area contributed by atoms with Crippen molar-refractivity contribution in [3.05, 3.63) is 12.2 Å². The Labute approximate surface area is 149 Å². The van der Waals surface area contributed by atoms with Gasteiger partial charge in [0.15, 0.2) is 0 Å². The molecule has 0 heterocycles. The second-order valence-corrected chi connectivity index (χ2v) is 10.7. The van der Waals surface area contributed by atoms with E-state index in [0.29, 0.717) is 5.41 Å². The van der Waals surface area contributed by atoms with Crippen molar-refractivity contribution < 1.29 is 5.11 Å². The summed E-state index contributed by atoms with van der Waals surface area (Å²) < 4.78 is 0. The van der Waals surface area contributed by atoms with Crippen LogP contribution in [0, 0.1) is 46.8 Å². The Hall–Kier alpha value is -0.300. The number of hydrogen-bond acceptors (Lipinski definition) is 1. The summed E-state index contributed by atoms with van der Waals surface area (Å²) in [6, 6.07) is 0. The molecule has 0 radical (unpaired) electrons. The third kappa shape index (κ3) is 2.44. The molecule has 4 fully saturated rings. The molecule has 4 rings (SSSR count). The molecular formula is C23H38O. The van der Waals surface area contributed by atoms with Gasteiger partial charge in [0.25, 0.3) is 0 Å². The highest BCUT2D eigenvalue weighted by atomic mass is 16.3. The minimum atomic E-state index is -0.399. The van der Waals surface area contributed by atoms with Crippen LogP contribution in [-0.2, 0) is 0 Å². The highest BCUT2D eigenvalue weighted by molar-refractivity contribution is 5.14. The van der Waals surface area contributed by atoms with E-state index in [9.17, 15) is 5.11 Å². The van der Waals surface area contributed by atoms with E-state index in [0.717, 1.165) is 54.3 Å². The van der Waals surface area contributed by atoms with Gasteiger partial charge >= 0.3 is 0 Å². The first kappa shape index (κ1) is 17.1. The SMILES string of the molecule is C=C(C)[C@H]1CC[C@H]2[C@@H]3C[C@@H](C)[C@@H]4C[C@](C)(O)CC[C@@H]4[C@H]3CC[C@]12C. The monoisotopic (exact) mass is 330 g/mol. The second kappa shape index (κ2) is 5.60. The van der Waals surface area contributed by atoms with E-state index < -0.39 is 5.60 Å². The molecule has 24 heavy (non-hydrogen) atoms. The maximum Gasteiger partial charge on any atom is 0.0622 e. The molecule has 0 aromatic rings. The molecular weight excluding hydrogens is 292 g/mol. The van der Waals surface area contributed by atoms with E-state index in [-0.39, 0.29) is 0 Å². The average Bonchev–Trinajstić information content (AvgIpc) is 2.85. The van der Waals surface area contributed by atoms with Gasteiger partial charge in [-0.25, -0.2) is 0 Å². The van der Waals surface area contributed by atoms with Crippen molar-refractivity contribution >= 4 is 0 Å². The van der Waals surface area contributed by atoms with Crippen LogP contribution in [0.4, 0.5) is 0 Å². The average molecular weight is 331 g/mol. The van der Waals surface area contributed by atoms with Crippen LogP contribution in [-0.4, -0.2) is 10.7 Å². The fourth-order valence-electron chi connectivity index (χ4n) is 8.21. The first-order chi connectivity index (χ1) is 11.2. The van der Waals surface area contributed by atoms with Gasteiger partial charge < -0.3 is 5.11 Å². The Balaban J connectivity index is 1.60. The van der Waals surface area contributed by atoms with Crippen LogP contribution >= 0.6 is 0 Å². The van der Waals surface area contributed by atoms with Gasteiger partial charge in [-0.05, 0) is 112 Å². The van der Waals surface area contributed by atoms with Crippen LogP contribution < -0.4 is 0 Å². The highest BCUT2D eigenvalue weighted by Crippen LogP contribution is 2.66. The van der Waals surface area contributed by atoms with E-state index >= 15 is 0 Å². The molecule has 0 amide bonds. The normalized spacial score (nSPS) is 57.0. The fraction of sp³-hybridized carbons (Fsp3) is 0.913. The zero-order valence-corrected chi connectivity index (χ0v) is 16.4. The maximum absolute atomic E-state index is 10.6. The maximum atomic E-state index is 10.6. The van der Waals surface area contributed by atoms with Crippen LogP contribution in [0.1, 0.15) is 79.1 Å². The zero-order chi connectivity index (χ0) is 17.3. The summed E-state index contributed by atoms with van der Waals surface area (Å²) >= 11 is 0. The second-order valence-electron chi connectivity index (χ2n) is 10.7. The minimum Gasteiger partial charge on any atom is -0.390 e. The number of hydrogen-bond donors (Lipinski definition) is 1. The molecule has 9 atom stereocenters. The predicted molar refractivity (Wildman–Crippen MR) is 101 cm³/mol. The molecule has 0 bridgehead atoms. The van der Waals surface area contributed by atoms with Gasteiger partial charge in [-0.1, -0.05) is 26.0 Å². The van der Waals surface area contributed by atoms with Crippen molar-refractivity contribution in [1.82, 2.24) is 0 Å². The van der Waals surface area contributed by atoms with Crippen LogP contribution in [0.2, 0.25) is 0 Å². The van der Waals surface area contributed by atoms with Crippen molar-refractivity contribution in [2.24, 2.45) is 46.8 Å². The zero-order valence-electron chi connectivity index (χ0n) is 16.4. The quantitative estimate of drug-likeness (QED) is 0.600. The smallest absolute Gasteiger partial charge is 0.0622 e. The fourth-order valence-corrected chi connectivity index (χ4v) is 8.21. The number of aliphatic hydroxyl groups is 1. The topological polar surface area (TPSA) is 20.2 Å². The summed E-state index contributed by atoms with van der Waals surface area (Å²) in [7, 11) is 0. The first-order valence-electron chi connectivity index (χ1n) is 10.6. The van der Waals surface area contributed by atoms with Gasteiger partial charge in [0, 0.05) is 0 Å². The number of allylic oxidation sites excluding steroid dienone is 1. The van der Waals surface area contributed by atoms with E-state index in [2.05, 4.69) is 34.3 Å². The summed E-state index contributed by atoms with van der Waals surface area (Å²) in [5.74, 6) is 6.07. The third-order valence-corrected chi connectivity index (χ3v) is 9.25. The number of fused-ring (bicyclic) bond motifs is 5. The lowest BCUT2D eigenvalue weighted by Crippen LogP contribution is -2.52. The lowest BCUT2D eigenvalue weighted by atomic mass is 9.47. The Morgan fingerprint density at radius 3 is 2.33 bits per heavy atom. The van der Waals surface area contributed by atoms with E-state index in [1.807, 2.05) is 0 Å². The van der Waals surface area contributed by atoms with E-state index in [4.69, 9.17) is 0 Å². The molecule has 1 N–H and O–H groups in total. The minimum absolute atomic E-state index is 0.399. The molecule has 0 unspecified atom stereocenters. The Morgan fingerprint density at radius 2 is 1.62 bits per heavy atom. The van der Waals surface area contributed by atoms with Crippen molar-refractivity contribution in [3.63, 3.8) is 0 Å². The van der Waals surface area contributed by atoms with Gasteiger partial charge in [0.05, 0.1) is 5.60 Å². The molecule has 1 nitrogen and oxygen atoms in total. The highest BCUT2D eigenvalue weighted by Gasteiger charge is 2.58. The van der Waals surface area contributed by atoms with Gasteiger partial charge in [0.1, 0.15) is 0 Å². The molecule has 1 heteroatoms.